The van der Waals surface area contributed by atoms with Crippen LogP contribution in [-0.4, -0.2) is 22.3 Å². The summed E-state index contributed by atoms with van der Waals surface area (Å²) in [5.74, 6) is 1.75. The Balaban J connectivity index is 1.71. The lowest BCUT2D eigenvalue weighted by molar-refractivity contribution is -0.121. The Kier molecular flexibility index (Phi) is 4.87. The predicted molar refractivity (Wildman–Crippen MR) is 111 cm³/mol. The van der Waals surface area contributed by atoms with E-state index in [-0.39, 0.29) is 24.7 Å². The molecule has 0 N–H and O–H groups in total. The Morgan fingerprint density at radius 3 is 2.48 bits per heavy atom. The standard InChI is InChI=1S/C22H17N3O3S/c1-3-13-24-20-14(2)5-4-6-17(20)29-22(24)23-21(28)15-7-9-16(10-8-15)25-18(26)11-12-19(25)27/h1,4-10H,11-13H2,2H3. The van der Waals surface area contributed by atoms with Gasteiger partial charge in [-0.2, -0.15) is 4.99 Å². The fourth-order valence-electron chi connectivity index (χ4n) is 3.40. The van der Waals surface area contributed by atoms with Gasteiger partial charge >= 0.3 is 0 Å². The highest BCUT2D eigenvalue weighted by atomic mass is 32.1. The highest BCUT2D eigenvalue weighted by molar-refractivity contribution is 7.16. The van der Waals surface area contributed by atoms with Crippen molar-refractivity contribution in [3.05, 3.63) is 58.4 Å². The molecular weight excluding hydrogens is 386 g/mol. The third kappa shape index (κ3) is 3.39. The Morgan fingerprint density at radius 1 is 1.14 bits per heavy atom. The smallest absolute Gasteiger partial charge is 0.279 e. The number of thiazole rings is 1. The Morgan fingerprint density at radius 2 is 1.83 bits per heavy atom. The molecule has 1 saturated heterocycles. The zero-order valence-corrected chi connectivity index (χ0v) is 16.5. The molecular formula is C22H17N3O3S. The fourth-order valence-corrected chi connectivity index (χ4v) is 4.51. The summed E-state index contributed by atoms with van der Waals surface area (Å²) in [5.41, 5.74) is 2.87. The molecule has 6 nitrogen and oxygen atoms in total. The number of amides is 3. The molecule has 2 heterocycles. The van der Waals surface area contributed by atoms with E-state index >= 15 is 0 Å². The Labute approximate surface area is 171 Å². The number of imide groups is 1. The molecule has 7 heteroatoms. The van der Waals surface area contributed by atoms with Gasteiger partial charge in [-0.3, -0.25) is 19.3 Å². The molecule has 0 aliphatic carbocycles. The molecule has 3 aromatic rings. The molecule has 0 bridgehead atoms. The molecule has 0 saturated carbocycles. The van der Waals surface area contributed by atoms with Gasteiger partial charge in [-0.15, -0.1) is 6.42 Å². The lowest BCUT2D eigenvalue weighted by Crippen LogP contribution is -2.28. The highest BCUT2D eigenvalue weighted by Gasteiger charge is 2.30. The number of rotatable bonds is 3. The van der Waals surface area contributed by atoms with Crippen LogP contribution in [0, 0.1) is 19.3 Å². The van der Waals surface area contributed by atoms with E-state index in [0.717, 1.165) is 20.7 Å². The number of carbonyl (C=O) groups excluding carboxylic acids is 3. The van der Waals surface area contributed by atoms with Crippen LogP contribution in [0.2, 0.25) is 0 Å². The zero-order chi connectivity index (χ0) is 20.5. The molecule has 29 heavy (non-hydrogen) atoms. The normalized spacial score (nSPS) is 14.6. The highest BCUT2D eigenvalue weighted by Crippen LogP contribution is 2.23. The van der Waals surface area contributed by atoms with Gasteiger partial charge in [0, 0.05) is 18.4 Å². The molecule has 1 aliphatic heterocycles. The van der Waals surface area contributed by atoms with Crippen molar-refractivity contribution in [2.45, 2.75) is 26.3 Å². The van der Waals surface area contributed by atoms with Gasteiger partial charge in [0.05, 0.1) is 22.4 Å². The van der Waals surface area contributed by atoms with Crippen LogP contribution in [0.1, 0.15) is 28.8 Å². The first-order valence-electron chi connectivity index (χ1n) is 9.07. The first kappa shape index (κ1) is 18.8. The van der Waals surface area contributed by atoms with Crippen molar-refractivity contribution in [3.8, 4) is 12.3 Å². The third-order valence-electron chi connectivity index (χ3n) is 4.77. The van der Waals surface area contributed by atoms with E-state index in [9.17, 15) is 14.4 Å². The van der Waals surface area contributed by atoms with Crippen LogP contribution < -0.4 is 9.70 Å². The number of hydrogen-bond donors (Lipinski definition) is 0. The molecule has 0 radical (unpaired) electrons. The SMILES string of the molecule is C#CCn1c(=NC(=O)c2ccc(N3C(=O)CCC3=O)cc2)sc2cccc(C)c21. The van der Waals surface area contributed by atoms with E-state index in [1.165, 1.54) is 11.3 Å². The first-order valence-corrected chi connectivity index (χ1v) is 9.88. The number of para-hydroxylation sites is 1. The van der Waals surface area contributed by atoms with Crippen molar-refractivity contribution >= 4 is 45.0 Å². The molecule has 1 aliphatic rings. The van der Waals surface area contributed by atoms with Crippen LogP contribution in [0.4, 0.5) is 5.69 Å². The summed E-state index contributed by atoms with van der Waals surface area (Å²) in [5, 5.41) is 0. The third-order valence-corrected chi connectivity index (χ3v) is 5.82. The van der Waals surface area contributed by atoms with Crippen LogP contribution >= 0.6 is 11.3 Å². The summed E-state index contributed by atoms with van der Waals surface area (Å²) < 4.78 is 2.87. The summed E-state index contributed by atoms with van der Waals surface area (Å²) in [6.07, 6.45) is 5.95. The number of carbonyl (C=O) groups is 3. The Bertz CT molecular complexity index is 1240. The fraction of sp³-hybridized carbons (Fsp3) is 0.182. The van der Waals surface area contributed by atoms with Gasteiger partial charge in [0.25, 0.3) is 5.91 Å². The molecule has 2 aromatic carbocycles. The topological polar surface area (TPSA) is 71.7 Å². The van der Waals surface area contributed by atoms with Gasteiger partial charge in [0.15, 0.2) is 4.80 Å². The van der Waals surface area contributed by atoms with Gasteiger partial charge in [-0.25, -0.2) is 0 Å². The molecule has 1 aromatic heterocycles. The molecule has 1 fully saturated rings. The first-order chi connectivity index (χ1) is 14.0. The number of benzene rings is 2. The summed E-state index contributed by atoms with van der Waals surface area (Å²) >= 11 is 1.41. The number of aryl methyl sites for hydroxylation is 1. The second-order valence-electron chi connectivity index (χ2n) is 6.68. The average Bonchev–Trinajstić information content (AvgIpc) is 3.22. The minimum Gasteiger partial charge on any atom is -0.304 e. The van der Waals surface area contributed by atoms with Crippen molar-refractivity contribution in [3.63, 3.8) is 0 Å². The quantitative estimate of drug-likeness (QED) is 0.498. The second-order valence-corrected chi connectivity index (χ2v) is 7.69. The molecule has 0 spiro atoms. The summed E-state index contributed by atoms with van der Waals surface area (Å²) in [7, 11) is 0. The van der Waals surface area contributed by atoms with Crippen LogP contribution in [0.3, 0.4) is 0 Å². The van der Waals surface area contributed by atoms with Gasteiger partial charge in [-0.1, -0.05) is 29.4 Å². The van der Waals surface area contributed by atoms with Crippen LogP contribution in [0.5, 0.6) is 0 Å². The van der Waals surface area contributed by atoms with E-state index in [1.54, 1.807) is 24.3 Å². The summed E-state index contributed by atoms with van der Waals surface area (Å²) in [6, 6.07) is 12.3. The summed E-state index contributed by atoms with van der Waals surface area (Å²) in [4.78, 5) is 42.4. The molecule has 0 atom stereocenters. The largest absolute Gasteiger partial charge is 0.304 e. The second kappa shape index (κ2) is 7.49. The van der Waals surface area contributed by atoms with Gasteiger partial charge in [0.1, 0.15) is 0 Å². The van der Waals surface area contributed by atoms with E-state index in [0.29, 0.717) is 22.6 Å². The van der Waals surface area contributed by atoms with E-state index < -0.39 is 5.91 Å². The lowest BCUT2D eigenvalue weighted by Gasteiger charge is -2.13. The minimum atomic E-state index is -0.411. The number of nitrogens with zero attached hydrogens (tertiary/aromatic N) is 3. The predicted octanol–water partition coefficient (Wildman–Crippen LogP) is 3.04. The molecule has 0 unspecified atom stereocenters. The van der Waals surface area contributed by atoms with Gasteiger partial charge in [0.2, 0.25) is 11.8 Å². The zero-order valence-electron chi connectivity index (χ0n) is 15.7. The average molecular weight is 403 g/mol. The van der Waals surface area contributed by atoms with Crippen molar-refractivity contribution in [1.29, 1.82) is 0 Å². The summed E-state index contributed by atoms with van der Waals surface area (Å²) in [6.45, 7) is 2.31. The van der Waals surface area contributed by atoms with Gasteiger partial charge < -0.3 is 4.57 Å². The maximum atomic E-state index is 12.7. The number of fused-ring (bicyclic) bond motifs is 1. The molecule has 3 amide bonds. The lowest BCUT2D eigenvalue weighted by atomic mass is 10.2. The minimum absolute atomic E-state index is 0.218. The number of terminal acetylenes is 1. The number of hydrogen-bond acceptors (Lipinski definition) is 4. The Hall–Kier alpha value is -3.50. The number of anilines is 1. The van der Waals surface area contributed by atoms with Crippen molar-refractivity contribution < 1.29 is 14.4 Å². The van der Waals surface area contributed by atoms with Crippen molar-refractivity contribution in [2.24, 2.45) is 4.99 Å². The molecule has 144 valence electrons. The van der Waals surface area contributed by atoms with Gasteiger partial charge in [-0.05, 0) is 42.8 Å². The molecule has 4 rings (SSSR count). The van der Waals surface area contributed by atoms with Crippen LogP contribution in [-0.2, 0) is 16.1 Å². The maximum Gasteiger partial charge on any atom is 0.279 e. The maximum absolute atomic E-state index is 12.7. The van der Waals surface area contributed by atoms with Crippen LogP contribution in [0.25, 0.3) is 10.2 Å². The van der Waals surface area contributed by atoms with Crippen molar-refractivity contribution in [1.82, 2.24) is 4.57 Å². The van der Waals surface area contributed by atoms with Crippen molar-refractivity contribution in [2.75, 3.05) is 4.90 Å². The van der Waals surface area contributed by atoms with E-state index in [1.807, 2.05) is 29.7 Å². The monoisotopic (exact) mass is 403 g/mol. The van der Waals surface area contributed by atoms with Crippen LogP contribution in [0.15, 0.2) is 47.5 Å². The number of aromatic nitrogens is 1. The van der Waals surface area contributed by atoms with E-state index in [2.05, 4.69) is 10.9 Å². The van der Waals surface area contributed by atoms with E-state index in [4.69, 9.17) is 6.42 Å².